The molecule has 0 aromatic heterocycles. The number of carbonyl (C=O) groups is 1. The van der Waals surface area contributed by atoms with Gasteiger partial charge in [-0.15, -0.1) is 0 Å². The van der Waals surface area contributed by atoms with Crippen molar-refractivity contribution in [3.05, 3.63) is 0 Å². The van der Waals surface area contributed by atoms with E-state index >= 15 is 0 Å². The molecule has 1 rings (SSSR count). The van der Waals surface area contributed by atoms with Gasteiger partial charge in [-0.3, -0.25) is 4.79 Å². The molecule has 4 heteroatoms. The van der Waals surface area contributed by atoms with E-state index < -0.39 is 5.79 Å². The van der Waals surface area contributed by atoms with Crippen molar-refractivity contribution in [2.24, 2.45) is 5.92 Å². The van der Waals surface area contributed by atoms with Gasteiger partial charge in [-0.2, -0.15) is 0 Å². The van der Waals surface area contributed by atoms with Crippen molar-refractivity contribution in [2.75, 3.05) is 13.2 Å². The van der Waals surface area contributed by atoms with E-state index in [1.807, 2.05) is 13.8 Å². The Labute approximate surface area is 135 Å². The zero-order valence-electron chi connectivity index (χ0n) is 14.9. The summed E-state index contributed by atoms with van der Waals surface area (Å²) < 4.78 is 16.3. The van der Waals surface area contributed by atoms with Crippen LogP contribution in [0, 0.1) is 5.92 Å². The van der Waals surface area contributed by atoms with Crippen LogP contribution in [-0.2, 0) is 19.0 Å². The highest BCUT2D eigenvalue weighted by atomic mass is 16.7. The summed E-state index contributed by atoms with van der Waals surface area (Å²) in [5.41, 5.74) is 0. The van der Waals surface area contributed by atoms with E-state index in [4.69, 9.17) is 14.2 Å². The molecule has 0 amide bonds. The molecule has 0 radical (unpaired) electrons. The summed E-state index contributed by atoms with van der Waals surface area (Å²) >= 11 is 0. The summed E-state index contributed by atoms with van der Waals surface area (Å²) in [5, 5.41) is 0. The van der Waals surface area contributed by atoms with Crippen LogP contribution in [0.5, 0.6) is 0 Å². The monoisotopic (exact) mass is 314 g/mol. The minimum atomic E-state index is -0.549. The predicted molar refractivity (Wildman–Crippen MR) is 87.6 cm³/mol. The molecule has 1 fully saturated rings. The highest BCUT2D eigenvalue weighted by Gasteiger charge is 2.33. The minimum Gasteiger partial charge on any atom is -0.463 e. The topological polar surface area (TPSA) is 44.8 Å². The van der Waals surface area contributed by atoms with Crippen LogP contribution in [0.1, 0.15) is 79.1 Å². The molecule has 1 saturated heterocycles. The smallest absolute Gasteiger partial charge is 0.305 e. The summed E-state index contributed by atoms with van der Waals surface area (Å²) in [5.74, 6) is 0.182. The van der Waals surface area contributed by atoms with Crippen LogP contribution in [0.2, 0.25) is 0 Å². The zero-order chi connectivity index (χ0) is 16.4. The van der Waals surface area contributed by atoms with Gasteiger partial charge >= 0.3 is 5.97 Å². The molecule has 0 N–H and O–H groups in total. The Morgan fingerprint density at radius 1 is 1.23 bits per heavy atom. The van der Waals surface area contributed by atoms with Crippen molar-refractivity contribution in [3.8, 4) is 0 Å². The third kappa shape index (κ3) is 8.74. The van der Waals surface area contributed by atoms with E-state index in [0.29, 0.717) is 19.6 Å². The number of hydrogen-bond acceptors (Lipinski definition) is 4. The maximum atomic E-state index is 11.7. The first-order chi connectivity index (χ1) is 10.4. The van der Waals surface area contributed by atoms with Crippen LogP contribution in [0.25, 0.3) is 0 Å². The first-order valence-corrected chi connectivity index (χ1v) is 8.90. The zero-order valence-corrected chi connectivity index (χ0v) is 14.9. The fourth-order valence-corrected chi connectivity index (χ4v) is 2.60. The second-order valence-electron chi connectivity index (χ2n) is 6.95. The van der Waals surface area contributed by atoms with Crippen molar-refractivity contribution >= 4 is 5.97 Å². The summed E-state index contributed by atoms with van der Waals surface area (Å²) in [6.45, 7) is 9.11. The van der Waals surface area contributed by atoms with Gasteiger partial charge in [0.1, 0.15) is 12.7 Å². The average Bonchev–Trinajstić information content (AvgIpc) is 2.83. The second kappa shape index (κ2) is 10.2. The summed E-state index contributed by atoms with van der Waals surface area (Å²) in [4.78, 5) is 11.7. The fourth-order valence-electron chi connectivity index (χ4n) is 2.60. The van der Waals surface area contributed by atoms with Crippen molar-refractivity contribution in [1.82, 2.24) is 0 Å². The van der Waals surface area contributed by atoms with Crippen LogP contribution in [0.15, 0.2) is 0 Å². The Morgan fingerprint density at radius 3 is 2.55 bits per heavy atom. The highest BCUT2D eigenvalue weighted by Crippen LogP contribution is 2.22. The molecule has 0 spiro atoms. The lowest BCUT2D eigenvalue weighted by Gasteiger charge is -2.16. The highest BCUT2D eigenvalue weighted by molar-refractivity contribution is 5.69. The van der Waals surface area contributed by atoms with Gasteiger partial charge < -0.3 is 14.2 Å². The molecule has 0 bridgehead atoms. The third-order valence-corrected chi connectivity index (χ3v) is 4.27. The molecule has 0 aliphatic carbocycles. The molecular formula is C18H34O4. The summed E-state index contributed by atoms with van der Waals surface area (Å²) in [7, 11) is 0. The first-order valence-electron chi connectivity index (χ1n) is 8.90. The largest absolute Gasteiger partial charge is 0.463 e. The number of ether oxygens (including phenoxy) is 3. The van der Waals surface area contributed by atoms with E-state index in [9.17, 15) is 4.79 Å². The van der Waals surface area contributed by atoms with Gasteiger partial charge in [-0.25, -0.2) is 0 Å². The Kier molecular flexibility index (Phi) is 9.03. The molecule has 2 unspecified atom stereocenters. The quantitative estimate of drug-likeness (QED) is 0.417. The lowest BCUT2D eigenvalue weighted by atomic mass is 10.00. The molecule has 1 aliphatic heterocycles. The van der Waals surface area contributed by atoms with Gasteiger partial charge in [-0.05, 0) is 26.2 Å². The molecule has 0 aromatic rings. The molecular weight excluding hydrogens is 280 g/mol. The number of hydrogen-bond donors (Lipinski definition) is 0. The minimum absolute atomic E-state index is 0.118. The summed E-state index contributed by atoms with van der Waals surface area (Å²) in [6, 6.07) is 0. The lowest BCUT2D eigenvalue weighted by Crippen LogP contribution is -2.25. The third-order valence-electron chi connectivity index (χ3n) is 4.27. The Bertz CT molecular complexity index is 314. The van der Waals surface area contributed by atoms with Crippen LogP contribution in [0.3, 0.4) is 0 Å². The van der Waals surface area contributed by atoms with Crippen LogP contribution in [0.4, 0.5) is 0 Å². The van der Waals surface area contributed by atoms with Gasteiger partial charge in [-0.1, -0.05) is 52.4 Å². The molecule has 4 nitrogen and oxygen atoms in total. The van der Waals surface area contributed by atoms with Crippen molar-refractivity contribution in [1.29, 1.82) is 0 Å². The number of rotatable bonds is 11. The van der Waals surface area contributed by atoms with E-state index in [1.54, 1.807) is 0 Å². The van der Waals surface area contributed by atoms with Gasteiger partial charge in [0.2, 0.25) is 0 Å². The van der Waals surface area contributed by atoms with Crippen molar-refractivity contribution in [3.63, 3.8) is 0 Å². The molecule has 1 heterocycles. The molecule has 2 atom stereocenters. The molecule has 130 valence electrons. The number of unbranched alkanes of at least 4 members (excludes halogenated alkanes) is 4. The molecule has 0 aromatic carbocycles. The number of esters is 1. The van der Waals surface area contributed by atoms with Crippen LogP contribution in [-0.4, -0.2) is 31.1 Å². The van der Waals surface area contributed by atoms with E-state index in [-0.39, 0.29) is 12.1 Å². The fraction of sp³-hybridized carbons (Fsp3) is 0.944. The lowest BCUT2D eigenvalue weighted by molar-refractivity contribution is -0.158. The first kappa shape index (κ1) is 19.4. The summed E-state index contributed by atoms with van der Waals surface area (Å²) in [6.07, 6.45) is 8.85. The maximum absolute atomic E-state index is 11.7. The Balaban J connectivity index is 1.92. The Hall–Kier alpha value is -0.610. The molecule has 0 saturated carbocycles. The predicted octanol–water partition coefficient (Wildman–Crippen LogP) is 4.46. The van der Waals surface area contributed by atoms with E-state index in [2.05, 4.69) is 13.8 Å². The van der Waals surface area contributed by atoms with Crippen LogP contribution < -0.4 is 0 Å². The second-order valence-corrected chi connectivity index (χ2v) is 6.95. The molecule has 22 heavy (non-hydrogen) atoms. The average molecular weight is 314 g/mol. The standard InChI is InChI=1S/C18H34O4/c1-5-15(2)11-9-7-6-8-10-12-17(19)20-13-16-14-21-18(3,4)22-16/h15-16H,5-14H2,1-4H3. The van der Waals surface area contributed by atoms with Crippen molar-refractivity contribution < 1.29 is 19.0 Å². The van der Waals surface area contributed by atoms with Gasteiger partial charge in [0, 0.05) is 6.42 Å². The maximum Gasteiger partial charge on any atom is 0.305 e. The van der Waals surface area contributed by atoms with Gasteiger partial charge in [0.25, 0.3) is 0 Å². The van der Waals surface area contributed by atoms with Gasteiger partial charge in [0.15, 0.2) is 5.79 Å². The van der Waals surface area contributed by atoms with Gasteiger partial charge in [0.05, 0.1) is 6.61 Å². The Morgan fingerprint density at radius 2 is 1.91 bits per heavy atom. The van der Waals surface area contributed by atoms with E-state index in [1.165, 1.54) is 32.1 Å². The molecule has 1 aliphatic rings. The van der Waals surface area contributed by atoms with E-state index in [0.717, 1.165) is 18.8 Å². The number of carbonyl (C=O) groups excluding carboxylic acids is 1. The van der Waals surface area contributed by atoms with Crippen LogP contribution >= 0.6 is 0 Å². The normalized spacial score (nSPS) is 21.7. The SMILES string of the molecule is CCC(C)CCCCCCCC(=O)OCC1COC(C)(C)O1. The van der Waals surface area contributed by atoms with Crippen molar-refractivity contribution in [2.45, 2.75) is 91.0 Å².